The lowest BCUT2D eigenvalue weighted by Gasteiger charge is -2.03. The van der Waals surface area contributed by atoms with E-state index in [4.69, 9.17) is 0 Å². The van der Waals surface area contributed by atoms with Gasteiger partial charge in [-0.1, -0.05) is 59.7 Å². The van der Waals surface area contributed by atoms with Gasteiger partial charge < -0.3 is 14.9 Å². The topological polar surface area (TPSA) is 69.2 Å². The largest absolute Gasteiger partial charge is 0.453 e. The van der Waals surface area contributed by atoms with Crippen molar-refractivity contribution in [3.63, 3.8) is 0 Å². The first-order valence-electron chi connectivity index (χ1n) is 8.43. The fourth-order valence-electron chi connectivity index (χ4n) is 2.07. The third-order valence-electron chi connectivity index (χ3n) is 3.21. The molecule has 2 aromatic rings. The molecule has 2 rings (SSSR count). The van der Waals surface area contributed by atoms with E-state index in [2.05, 4.69) is 87.2 Å². The number of aliphatic imine (C=N–C) groups is 1. The average molecular weight is 374 g/mol. The molecule has 0 unspecified atom stereocenters. The standard InChI is InChI=1S/C15H16.2C3H7NO2/c1-12-5-3-7-14(9-12)11-15-8-4-6-13(2)10-15;1-4-3(5)6-2;1-4-3-6-5-2/h3-10H,11H2,1-2H3;1-2H3,(H,4,5);3H,1-2H3. The lowest BCUT2D eigenvalue weighted by atomic mass is 10.0. The number of amides is 1. The summed E-state index contributed by atoms with van der Waals surface area (Å²) < 4.78 is 4.15. The Kier molecular flexibility index (Phi) is 13.8. The van der Waals surface area contributed by atoms with Crippen LogP contribution in [0.25, 0.3) is 0 Å². The van der Waals surface area contributed by atoms with E-state index >= 15 is 0 Å². The maximum atomic E-state index is 9.85. The molecule has 0 aliphatic heterocycles. The summed E-state index contributed by atoms with van der Waals surface area (Å²) in [6.07, 6.45) is 1.83. The Balaban J connectivity index is 0.000000470. The van der Waals surface area contributed by atoms with Crippen LogP contribution in [0.1, 0.15) is 22.3 Å². The molecule has 0 spiro atoms. The molecule has 0 atom stereocenters. The van der Waals surface area contributed by atoms with Crippen LogP contribution >= 0.6 is 0 Å². The summed E-state index contributed by atoms with van der Waals surface area (Å²) in [6, 6.07) is 17.4. The van der Waals surface area contributed by atoms with Crippen LogP contribution in [-0.2, 0) is 20.9 Å². The third kappa shape index (κ3) is 13.1. The van der Waals surface area contributed by atoms with Crippen molar-refractivity contribution in [3.05, 3.63) is 70.8 Å². The zero-order valence-electron chi connectivity index (χ0n) is 17.0. The molecule has 0 fully saturated rings. The van der Waals surface area contributed by atoms with Gasteiger partial charge in [-0.15, -0.1) is 0 Å². The summed E-state index contributed by atoms with van der Waals surface area (Å²) >= 11 is 0. The second-order valence-electron chi connectivity index (χ2n) is 5.52. The number of ether oxygens (including phenoxy) is 1. The molecule has 0 heterocycles. The summed E-state index contributed by atoms with van der Waals surface area (Å²) in [7, 11) is 5.84. The van der Waals surface area contributed by atoms with E-state index in [9.17, 15) is 4.79 Å². The van der Waals surface area contributed by atoms with Gasteiger partial charge in [0.25, 0.3) is 0 Å². The van der Waals surface area contributed by atoms with Crippen molar-refractivity contribution in [1.29, 1.82) is 0 Å². The van der Waals surface area contributed by atoms with Crippen LogP contribution in [0.5, 0.6) is 0 Å². The predicted octanol–water partition coefficient (Wildman–Crippen LogP) is 4.09. The summed E-state index contributed by atoms with van der Waals surface area (Å²) in [5.74, 6) is 0. The molecule has 2 aromatic carbocycles. The second-order valence-corrected chi connectivity index (χ2v) is 5.52. The molecule has 0 radical (unpaired) electrons. The van der Waals surface area contributed by atoms with Crippen molar-refractivity contribution < 1.29 is 19.3 Å². The fraction of sp³-hybridized carbons (Fsp3) is 0.333. The number of nitrogens with zero attached hydrogens (tertiary/aromatic N) is 1. The van der Waals surface area contributed by atoms with E-state index < -0.39 is 6.09 Å². The summed E-state index contributed by atoms with van der Waals surface area (Å²) in [6.45, 7) is 4.28. The summed E-state index contributed by atoms with van der Waals surface area (Å²) in [4.78, 5) is 21.6. The number of nitrogens with one attached hydrogen (secondary N) is 1. The minimum atomic E-state index is -0.407. The highest BCUT2D eigenvalue weighted by Crippen LogP contribution is 2.12. The van der Waals surface area contributed by atoms with Gasteiger partial charge in [-0.05, 0) is 31.4 Å². The number of benzene rings is 2. The SMILES string of the molecule is CN=COOC.CNC(=O)OC.Cc1cccc(Cc2cccc(C)c2)c1. The van der Waals surface area contributed by atoms with Crippen molar-refractivity contribution in [2.45, 2.75) is 20.3 Å². The van der Waals surface area contributed by atoms with E-state index in [1.54, 1.807) is 7.05 Å². The first kappa shape index (κ1) is 24.1. The summed E-state index contributed by atoms with van der Waals surface area (Å²) in [5, 5.41) is 2.25. The second kappa shape index (κ2) is 15.4. The van der Waals surface area contributed by atoms with Gasteiger partial charge in [-0.3, -0.25) is 4.99 Å². The molecule has 0 aliphatic carbocycles. The van der Waals surface area contributed by atoms with Crippen molar-refractivity contribution in [2.24, 2.45) is 4.99 Å². The van der Waals surface area contributed by atoms with Crippen LogP contribution in [0.15, 0.2) is 53.5 Å². The number of carbonyl (C=O) groups excluding carboxylic acids is 1. The van der Waals surface area contributed by atoms with Crippen molar-refractivity contribution in [2.75, 3.05) is 28.3 Å². The maximum Gasteiger partial charge on any atom is 0.406 e. The molecule has 0 saturated heterocycles. The number of rotatable bonds is 4. The minimum absolute atomic E-state index is 0.407. The Morgan fingerprint density at radius 2 is 1.56 bits per heavy atom. The molecule has 1 amide bonds. The normalized spacial score (nSPS) is 9.41. The molecule has 0 bridgehead atoms. The molecular formula is C21H30N2O4. The summed E-state index contributed by atoms with van der Waals surface area (Å²) in [5.41, 5.74) is 5.45. The van der Waals surface area contributed by atoms with Crippen LogP contribution in [0, 0.1) is 13.8 Å². The first-order valence-corrected chi connectivity index (χ1v) is 8.43. The Morgan fingerprint density at radius 1 is 1.04 bits per heavy atom. The van der Waals surface area contributed by atoms with Gasteiger partial charge in [-0.25, -0.2) is 4.79 Å². The number of alkyl carbamates (subject to hydrolysis) is 1. The van der Waals surface area contributed by atoms with E-state index in [1.165, 1.54) is 49.9 Å². The number of hydrogen-bond donors (Lipinski definition) is 1. The Labute approximate surface area is 162 Å². The Morgan fingerprint density at radius 3 is 1.81 bits per heavy atom. The smallest absolute Gasteiger partial charge is 0.406 e. The zero-order valence-corrected chi connectivity index (χ0v) is 17.0. The number of aryl methyl sites for hydroxylation is 2. The third-order valence-corrected chi connectivity index (χ3v) is 3.21. The van der Waals surface area contributed by atoms with Crippen LogP contribution in [0.3, 0.4) is 0 Å². The average Bonchev–Trinajstić information content (AvgIpc) is 2.67. The van der Waals surface area contributed by atoms with Gasteiger partial charge in [0.1, 0.15) is 0 Å². The molecule has 27 heavy (non-hydrogen) atoms. The van der Waals surface area contributed by atoms with Crippen LogP contribution < -0.4 is 5.32 Å². The highest BCUT2D eigenvalue weighted by atomic mass is 17.2. The molecule has 1 N–H and O–H groups in total. The Hall–Kier alpha value is -2.86. The predicted molar refractivity (Wildman–Crippen MR) is 109 cm³/mol. The minimum Gasteiger partial charge on any atom is -0.453 e. The van der Waals surface area contributed by atoms with E-state index in [0.29, 0.717) is 0 Å². The first-order chi connectivity index (χ1) is 13.0. The maximum absolute atomic E-state index is 9.85. The van der Waals surface area contributed by atoms with Gasteiger partial charge >= 0.3 is 6.09 Å². The highest BCUT2D eigenvalue weighted by Gasteiger charge is 1.96. The fourth-order valence-corrected chi connectivity index (χ4v) is 2.07. The van der Waals surface area contributed by atoms with Crippen LogP contribution in [0.2, 0.25) is 0 Å². The zero-order chi connectivity index (χ0) is 20.5. The molecular weight excluding hydrogens is 344 g/mol. The molecule has 6 heteroatoms. The van der Waals surface area contributed by atoms with Crippen molar-refractivity contribution in [3.8, 4) is 0 Å². The number of hydrogen-bond acceptors (Lipinski definition) is 5. The van der Waals surface area contributed by atoms with E-state index in [1.807, 2.05) is 0 Å². The van der Waals surface area contributed by atoms with E-state index in [0.717, 1.165) is 6.42 Å². The van der Waals surface area contributed by atoms with Crippen LogP contribution in [-0.4, -0.2) is 40.8 Å². The highest BCUT2D eigenvalue weighted by molar-refractivity contribution is 5.66. The van der Waals surface area contributed by atoms with Gasteiger partial charge in [0.15, 0.2) is 0 Å². The molecule has 0 aliphatic rings. The monoisotopic (exact) mass is 374 g/mol. The van der Waals surface area contributed by atoms with Gasteiger partial charge in [0.05, 0.1) is 14.2 Å². The molecule has 6 nitrogen and oxygen atoms in total. The molecule has 0 aromatic heterocycles. The lowest BCUT2D eigenvalue weighted by Crippen LogP contribution is -2.16. The Bertz CT molecular complexity index is 638. The van der Waals surface area contributed by atoms with Gasteiger partial charge in [-0.2, -0.15) is 4.89 Å². The molecule has 0 saturated carbocycles. The van der Waals surface area contributed by atoms with Crippen molar-refractivity contribution in [1.82, 2.24) is 5.32 Å². The quantitative estimate of drug-likeness (QED) is 0.379. The van der Waals surface area contributed by atoms with Crippen LogP contribution in [0.4, 0.5) is 4.79 Å². The number of carbonyl (C=O) groups is 1. The van der Waals surface area contributed by atoms with E-state index in [-0.39, 0.29) is 0 Å². The molecule has 148 valence electrons. The lowest BCUT2D eigenvalue weighted by molar-refractivity contribution is -0.187. The van der Waals surface area contributed by atoms with Gasteiger partial charge in [0, 0.05) is 14.1 Å². The van der Waals surface area contributed by atoms with Crippen molar-refractivity contribution >= 4 is 12.5 Å². The number of methoxy groups -OCH3 is 1. The van der Waals surface area contributed by atoms with Gasteiger partial charge in [0.2, 0.25) is 6.40 Å².